The van der Waals surface area contributed by atoms with Crippen molar-refractivity contribution in [3.63, 3.8) is 0 Å². The summed E-state index contributed by atoms with van der Waals surface area (Å²) in [6.45, 7) is 11.5. The van der Waals surface area contributed by atoms with Crippen LogP contribution in [-0.2, 0) is 6.54 Å². The van der Waals surface area contributed by atoms with Crippen molar-refractivity contribution >= 4 is 33.9 Å². The zero-order chi connectivity index (χ0) is 22.0. The second-order valence-corrected chi connectivity index (χ2v) is 7.69. The quantitative estimate of drug-likeness (QED) is 0.424. The van der Waals surface area contributed by atoms with E-state index >= 15 is 0 Å². The van der Waals surface area contributed by atoms with E-state index in [2.05, 4.69) is 20.1 Å². The number of aryl methyl sites for hydroxylation is 1. The number of hydrogen-bond donors (Lipinski definition) is 1. The maximum absolute atomic E-state index is 13.5. The maximum Gasteiger partial charge on any atom is 0.260 e. The number of anilines is 1. The van der Waals surface area contributed by atoms with Crippen LogP contribution in [0.4, 0.5) is 11.5 Å². The number of hydrogen-bond acceptors (Lipinski definition) is 4. The molecular formula is C24H20ClN5O. The molecule has 6 nitrogen and oxygen atoms in total. The Bertz CT molecular complexity index is 1360. The van der Waals surface area contributed by atoms with Crippen LogP contribution < -0.4 is 10.9 Å². The SMILES string of the molecule is [C-]#[N+]c1cnc(C)nc1N[C@@H](C)c1cc2cccc(Cl)c2c(=O)n1Cc1ccccc1. The normalized spacial score (nSPS) is 11.8. The van der Waals surface area contributed by atoms with Gasteiger partial charge in [0.2, 0.25) is 5.69 Å². The fourth-order valence-electron chi connectivity index (χ4n) is 3.59. The monoisotopic (exact) mass is 429 g/mol. The molecule has 7 heteroatoms. The van der Waals surface area contributed by atoms with Crippen molar-refractivity contribution in [2.45, 2.75) is 26.4 Å². The second kappa shape index (κ2) is 8.58. The number of fused-ring (bicyclic) bond motifs is 1. The smallest absolute Gasteiger partial charge is 0.260 e. The molecule has 1 atom stereocenters. The molecule has 0 fully saturated rings. The van der Waals surface area contributed by atoms with Crippen LogP contribution in [0.3, 0.4) is 0 Å². The first-order valence-corrected chi connectivity index (χ1v) is 10.2. The summed E-state index contributed by atoms with van der Waals surface area (Å²) in [5.74, 6) is 1.01. The van der Waals surface area contributed by atoms with Gasteiger partial charge in [-0.3, -0.25) is 9.78 Å². The van der Waals surface area contributed by atoms with E-state index in [1.165, 1.54) is 6.20 Å². The number of benzene rings is 2. The highest BCUT2D eigenvalue weighted by atomic mass is 35.5. The van der Waals surface area contributed by atoms with Gasteiger partial charge < -0.3 is 9.88 Å². The van der Waals surface area contributed by atoms with Gasteiger partial charge in [0.15, 0.2) is 0 Å². The molecule has 0 aliphatic carbocycles. The van der Waals surface area contributed by atoms with Crippen LogP contribution in [0.2, 0.25) is 5.02 Å². The summed E-state index contributed by atoms with van der Waals surface area (Å²) in [4.78, 5) is 25.5. The number of nitrogens with zero attached hydrogens (tertiary/aromatic N) is 4. The van der Waals surface area contributed by atoms with Crippen molar-refractivity contribution < 1.29 is 0 Å². The summed E-state index contributed by atoms with van der Waals surface area (Å²) in [5, 5.41) is 4.99. The molecule has 0 radical (unpaired) electrons. The van der Waals surface area contributed by atoms with E-state index in [-0.39, 0.29) is 11.6 Å². The van der Waals surface area contributed by atoms with E-state index in [1.54, 1.807) is 17.6 Å². The summed E-state index contributed by atoms with van der Waals surface area (Å²) < 4.78 is 1.73. The predicted octanol–water partition coefficient (Wildman–Crippen LogP) is 5.53. The zero-order valence-corrected chi connectivity index (χ0v) is 17.9. The summed E-state index contributed by atoms with van der Waals surface area (Å²) in [5.41, 5.74) is 1.96. The Hall–Kier alpha value is -3.69. The van der Waals surface area contributed by atoms with Crippen molar-refractivity contribution in [1.29, 1.82) is 0 Å². The van der Waals surface area contributed by atoms with Gasteiger partial charge in [0.05, 0.1) is 29.6 Å². The van der Waals surface area contributed by atoms with Gasteiger partial charge in [0.1, 0.15) is 11.6 Å². The van der Waals surface area contributed by atoms with Crippen LogP contribution in [0.5, 0.6) is 0 Å². The van der Waals surface area contributed by atoms with Crippen molar-refractivity contribution in [3.05, 3.63) is 105 Å². The molecule has 2 heterocycles. The van der Waals surface area contributed by atoms with Crippen molar-refractivity contribution in [1.82, 2.24) is 14.5 Å². The molecule has 0 aliphatic heterocycles. The van der Waals surface area contributed by atoms with Crippen molar-refractivity contribution in [2.75, 3.05) is 5.32 Å². The number of halogens is 1. The Morgan fingerprint density at radius 2 is 1.97 bits per heavy atom. The molecule has 0 unspecified atom stereocenters. The Morgan fingerprint density at radius 1 is 1.19 bits per heavy atom. The first-order chi connectivity index (χ1) is 15.0. The summed E-state index contributed by atoms with van der Waals surface area (Å²) in [7, 11) is 0. The van der Waals surface area contributed by atoms with Gasteiger partial charge in [-0.1, -0.05) is 54.1 Å². The predicted molar refractivity (Wildman–Crippen MR) is 124 cm³/mol. The molecular weight excluding hydrogens is 410 g/mol. The average Bonchev–Trinajstić information content (AvgIpc) is 2.76. The molecule has 0 spiro atoms. The molecule has 1 N–H and O–H groups in total. The van der Waals surface area contributed by atoms with E-state index in [1.807, 2.05) is 55.5 Å². The van der Waals surface area contributed by atoms with Crippen LogP contribution in [0.1, 0.15) is 30.0 Å². The van der Waals surface area contributed by atoms with Gasteiger partial charge in [0, 0.05) is 11.9 Å². The third-order valence-corrected chi connectivity index (χ3v) is 5.43. The van der Waals surface area contributed by atoms with Crippen molar-refractivity contribution in [2.24, 2.45) is 0 Å². The fraction of sp³-hybridized carbons (Fsp3) is 0.167. The van der Waals surface area contributed by atoms with Crippen molar-refractivity contribution in [3.8, 4) is 0 Å². The fourth-order valence-corrected chi connectivity index (χ4v) is 3.86. The highest BCUT2D eigenvalue weighted by Crippen LogP contribution is 2.28. The van der Waals surface area contributed by atoms with Gasteiger partial charge >= 0.3 is 0 Å². The molecule has 0 saturated heterocycles. The second-order valence-electron chi connectivity index (χ2n) is 7.28. The number of nitrogens with one attached hydrogen (secondary N) is 1. The van der Waals surface area contributed by atoms with E-state index in [0.717, 1.165) is 16.6 Å². The molecule has 2 aromatic carbocycles. The number of pyridine rings is 1. The lowest BCUT2D eigenvalue weighted by molar-refractivity contribution is 0.670. The number of rotatable bonds is 5. The Labute approximate surface area is 185 Å². The molecule has 0 bridgehead atoms. The molecule has 4 rings (SSSR count). The first-order valence-electron chi connectivity index (χ1n) is 9.81. The van der Waals surface area contributed by atoms with Gasteiger partial charge in [0.25, 0.3) is 5.56 Å². The summed E-state index contributed by atoms with van der Waals surface area (Å²) >= 11 is 6.38. The zero-order valence-electron chi connectivity index (χ0n) is 17.1. The van der Waals surface area contributed by atoms with E-state index in [0.29, 0.717) is 34.3 Å². The highest BCUT2D eigenvalue weighted by Gasteiger charge is 2.18. The maximum atomic E-state index is 13.5. The van der Waals surface area contributed by atoms with Gasteiger partial charge in [-0.25, -0.2) is 9.83 Å². The molecule has 4 aromatic rings. The van der Waals surface area contributed by atoms with Crippen LogP contribution >= 0.6 is 11.6 Å². The van der Waals surface area contributed by atoms with Crippen LogP contribution in [0, 0.1) is 13.5 Å². The summed E-state index contributed by atoms with van der Waals surface area (Å²) in [6, 6.07) is 16.9. The topological polar surface area (TPSA) is 64.2 Å². The molecule has 154 valence electrons. The largest absolute Gasteiger partial charge is 0.371 e. The third-order valence-electron chi connectivity index (χ3n) is 5.11. The lowest BCUT2D eigenvalue weighted by atomic mass is 10.1. The lowest BCUT2D eigenvalue weighted by Crippen LogP contribution is -2.27. The van der Waals surface area contributed by atoms with Gasteiger partial charge in [-0.15, -0.1) is 0 Å². The third kappa shape index (κ3) is 4.14. The summed E-state index contributed by atoms with van der Waals surface area (Å²) in [6.07, 6.45) is 1.50. The lowest BCUT2D eigenvalue weighted by Gasteiger charge is -2.22. The number of aromatic nitrogens is 3. The van der Waals surface area contributed by atoms with E-state index < -0.39 is 0 Å². The highest BCUT2D eigenvalue weighted by molar-refractivity contribution is 6.35. The minimum Gasteiger partial charge on any atom is -0.371 e. The molecule has 0 amide bonds. The van der Waals surface area contributed by atoms with Crippen LogP contribution in [0.15, 0.2) is 65.6 Å². The minimum absolute atomic E-state index is 0.153. The Morgan fingerprint density at radius 3 is 2.71 bits per heavy atom. The Balaban J connectivity index is 1.86. The van der Waals surface area contributed by atoms with Crippen LogP contribution in [-0.4, -0.2) is 14.5 Å². The Kier molecular flexibility index (Phi) is 5.70. The van der Waals surface area contributed by atoms with E-state index in [9.17, 15) is 4.79 Å². The van der Waals surface area contributed by atoms with Gasteiger partial charge in [-0.05, 0) is 36.9 Å². The molecule has 0 aliphatic rings. The van der Waals surface area contributed by atoms with Gasteiger partial charge in [-0.2, -0.15) is 0 Å². The van der Waals surface area contributed by atoms with Crippen LogP contribution in [0.25, 0.3) is 15.6 Å². The first kappa shape index (κ1) is 20.6. The molecule has 31 heavy (non-hydrogen) atoms. The molecule has 2 aromatic heterocycles. The molecule has 0 saturated carbocycles. The standard InChI is InChI=1S/C24H20ClN5O/c1-15(28-23-20(26-3)13-27-16(2)29-23)21-12-18-10-7-11-19(25)22(18)24(31)30(21)14-17-8-5-4-6-9-17/h4-13,15H,14H2,1-2H3,(H,27,28,29)/t15-/m0/s1. The average molecular weight is 430 g/mol. The van der Waals surface area contributed by atoms with E-state index in [4.69, 9.17) is 18.2 Å². The minimum atomic E-state index is -0.297.